The maximum Gasteiger partial charge on any atom is 0.271 e. The highest BCUT2D eigenvalue weighted by atomic mass is 16.1. The number of nitrogens with zero attached hydrogens (tertiary/aromatic N) is 2. The molecule has 0 saturated heterocycles. The van der Waals surface area contributed by atoms with Gasteiger partial charge in [0.2, 0.25) is 0 Å². The molecule has 1 amide bonds. The van der Waals surface area contributed by atoms with Crippen molar-refractivity contribution in [2.45, 2.75) is 39.0 Å². The van der Waals surface area contributed by atoms with Crippen LogP contribution in [-0.2, 0) is 0 Å². The molecule has 6 heteroatoms. The first-order valence-electron chi connectivity index (χ1n) is 7.27. The minimum Gasteiger partial charge on any atom is -0.351 e. The van der Waals surface area contributed by atoms with E-state index in [1.165, 1.54) is 25.7 Å². The molecule has 2 atom stereocenters. The van der Waals surface area contributed by atoms with Crippen LogP contribution in [0.4, 0.5) is 5.82 Å². The summed E-state index contributed by atoms with van der Waals surface area (Å²) in [5.74, 6) is 7.03. The fourth-order valence-corrected chi connectivity index (χ4v) is 2.83. The van der Waals surface area contributed by atoms with Gasteiger partial charge in [0.1, 0.15) is 0 Å². The maximum absolute atomic E-state index is 11.9. The van der Waals surface area contributed by atoms with Crippen LogP contribution >= 0.6 is 0 Å². The summed E-state index contributed by atoms with van der Waals surface area (Å²) in [4.78, 5) is 11.9. The van der Waals surface area contributed by atoms with Crippen molar-refractivity contribution in [3.63, 3.8) is 0 Å². The topological polar surface area (TPSA) is 92.9 Å². The number of nitrogens with two attached hydrogens (primary N) is 1. The number of carbonyl (C=O) groups excluding carboxylic acids is 1. The molecule has 0 radical (unpaired) electrons. The van der Waals surface area contributed by atoms with Gasteiger partial charge >= 0.3 is 0 Å². The van der Waals surface area contributed by atoms with Crippen LogP contribution < -0.4 is 16.6 Å². The third kappa shape index (κ3) is 4.16. The molecule has 1 aliphatic rings. The number of hydrogen-bond acceptors (Lipinski definition) is 5. The Morgan fingerprint density at radius 2 is 2.25 bits per heavy atom. The molecule has 2 rings (SSSR count). The van der Waals surface area contributed by atoms with E-state index < -0.39 is 0 Å². The van der Waals surface area contributed by atoms with Gasteiger partial charge in [0.05, 0.1) is 0 Å². The van der Waals surface area contributed by atoms with Crippen LogP contribution in [0.1, 0.15) is 49.5 Å². The van der Waals surface area contributed by atoms with Gasteiger partial charge in [-0.05, 0) is 36.8 Å². The first kappa shape index (κ1) is 14.7. The first-order chi connectivity index (χ1) is 9.69. The van der Waals surface area contributed by atoms with Gasteiger partial charge in [-0.15, -0.1) is 10.2 Å². The number of rotatable bonds is 5. The van der Waals surface area contributed by atoms with Gasteiger partial charge in [-0.3, -0.25) is 4.79 Å². The number of nitrogen functional groups attached to an aromatic ring is 1. The van der Waals surface area contributed by atoms with E-state index in [0.29, 0.717) is 18.1 Å². The zero-order valence-electron chi connectivity index (χ0n) is 11.9. The minimum atomic E-state index is -0.176. The summed E-state index contributed by atoms with van der Waals surface area (Å²) in [6.45, 7) is 3.02. The first-order valence-corrected chi connectivity index (χ1v) is 7.27. The Morgan fingerprint density at radius 1 is 1.40 bits per heavy atom. The summed E-state index contributed by atoms with van der Waals surface area (Å²) in [5, 5.41) is 10.5. The Kier molecular flexibility index (Phi) is 5.29. The van der Waals surface area contributed by atoms with E-state index in [9.17, 15) is 4.79 Å². The zero-order valence-corrected chi connectivity index (χ0v) is 11.9. The minimum absolute atomic E-state index is 0.176. The summed E-state index contributed by atoms with van der Waals surface area (Å²) in [6.07, 6.45) is 6.29. The van der Waals surface area contributed by atoms with E-state index in [4.69, 9.17) is 5.84 Å². The van der Waals surface area contributed by atoms with Crippen molar-refractivity contribution in [2.75, 3.05) is 12.0 Å². The van der Waals surface area contributed by atoms with Gasteiger partial charge in [-0.2, -0.15) is 0 Å². The number of nitrogens with one attached hydrogen (secondary N) is 2. The molecule has 1 saturated carbocycles. The van der Waals surface area contributed by atoms with Crippen LogP contribution in [0, 0.1) is 11.8 Å². The van der Waals surface area contributed by atoms with Gasteiger partial charge in [0, 0.05) is 6.54 Å². The molecule has 6 nitrogen and oxygen atoms in total. The Hall–Kier alpha value is -1.69. The van der Waals surface area contributed by atoms with Crippen molar-refractivity contribution in [1.82, 2.24) is 15.5 Å². The van der Waals surface area contributed by atoms with Crippen LogP contribution in [0.15, 0.2) is 12.1 Å². The summed E-state index contributed by atoms with van der Waals surface area (Å²) in [7, 11) is 0. The van der Waals surface area contributed by atoms with Crippen molar-refractivity contribution in [1.29, 1.82) is 0 Å². The fourth-order valence-electron chi connectivity index (χ4n) is 2.83. The Labute approximate surface area is 119 Å². The number of hydrogen-bond donors (Lipinski definition) is 3. The van der Waals surface area contributed by atoms with Gasteiger partial charge in [0.25, 0.3) is 5.91 Å². The molecule has 1 aromatic heterocycles. The van der Waals surface area contributed by atoms with Crippen LogP contribution in [-0.4, -0.2) is 22.6 Å². The highest BCUT2D eigenvalue weighted by molar-refractivity contribution is 5.92. The van der Waals surface area contributed by atoms with Gasteiger partial charge in [0.15, 0.2) is 11.5 Å². The number of anilines is 1. The third-order valence-electron chi connectivity index (χ3n) is 3.93. The molecule has 20 heavy (non-hydrogen) atoms. The van der Waals surface area contributed by atoms with Crippen molar-refractivity contribution in [3.8, 4) is 0 Å². The molecule has 1 aromatic rings. The van der Waals surface area contributed by atoms with E-state index in [2.05, 4.69) is 27.9 Å². The number of hydrazine groups is 1. The standard InChI is InChI=1S/C14H23N5O/c1-10-3-2-4-11(9-10)7-8-16-14(20)12-5-6-13(17-15)19-18-12/h5-6,10-11H,2-4,7-9,15H2,1H3,(H,16,20)(H,17,19). The Morgan fingerprint density at radius 3 is 2.90 bits per heavy atom. The lowest BCUT2D eigenvalue weighted by molar-refractivity contribution is 0.0943. The van der Waals surface area contributed by atoms with E-state index in [-0.39, 0.29) is 5.91 Å². The van der Waals surface area contributed by atoms with Gasteiger partial charge in [-0.1, -0.05) is 26.2 Å². The molecule has 0 bridgehead atoms. The summed E-state index contributed by atoms with van der Waals surface area (Å²) < 4.78 is 0. The monoisotopic (exact) mass is 277 g/mol. The van der Waals surface area contributed by atoms with Crippen molar-refractivity contribution >= 4 is 11.7 Å². The van der Waals surface area contributed by atoms with Crippen molar-refractivity contribution in [3.05, 3.63) is 17.8 Å². The highest BCUT2D eigenvalue weighted by Gasteiger charge is 2.18. The second-order valence-electron chi connectivity index (χ2n) is 5.63. The van der Waals surface area contributed by atoms with Crippen LogP contribution in [0.3, 0.4) is 0 Å². The highest BCUT2D eigenvalue weighted by Crippen LogP contribution is 2.30. The average Bonchev–Trinajstić information content (AvgIpc) is 2.47. The molecule has 0 spiro atoms. The second-order valence-corrected chi connectivity index (χ2v) is 5.63. The lowest BCUT2D eigenvalue weighted by Crippen LogP contribution is -2.28. The maximum atomic E-state index is 11.9. The third-order valence-corrected chi connectivity index (χ3v) is 3.93. The van der Waals surface area contributed by atoms with E-state index in [0.717, 1.165) is 18.3 Å². The van der Waals surface area contributed by atoms with Crippen molar-refractivity contribution in [2.24, 2.45) is 17.7 Å². The van der Waals surface area contributed by atoms with Crippen molar-refractivity contribution < 1.29 is 4.79 Å². The normalized spacial score (nSPS) is 22.3. The lowest BCUT2D eigenvalue weighted by Gasteiger charge is -2.26. The van der Waals surface area contributed by atoms with Gasteiger partial charge in [-0.25, -0.2) is 5.84 Å². The molecule has 2 unspecified atom stereocenters. The van der Waals surface area contributed by atoms with Crippen LogP contribution in [0.5, 0.6) is 0 Å². The molecule has 1 aliphatic carbocycles. The molecule has 0 aromatic carbocycles. The summed E-state index contributed by atoms with van der Waals surface area (Å²) in [5.41, 5.74) is 2.70. The molecule has 4 N–H and O–H groups in total. The Bertz CT molecular complexity index is 434. The summed E-state index contributed by atoms with van der Waals surface area (Å²) >= 11 is 0. The molecular weight excluding hydrogens is 254 g/mol. The van der Waals surface area contributed by atoms with E-state index in [1.807, 2.05) is 0 Å². The van der Waals surface area contributed by atoms with Crippen LogP contribution in [0.2, 0.25) is 0 Å². The molecule has 1 fully saturated rings. The SMILES string of the molecule is CC1CCCC(CCNC(=O)c2ccc(NN)nn2)C1. The predicted molar refractivity (Wildman–Crippen MR) is 77.9 cm³/mol. The van der Waals surface area contributed by atoms with Crippen LogP contribution in [0.25, 0.3) is 0 Å². The lowest BCUT2D eigenvalue weighted by atomic mass is 9.81. The summed E-state index contributed by atoms with van der Waals surface area (Å²) in [6, 6.07) is 3.24. The Balaban J connectivity index is 1.74. The molecule has 110 valence electrons. The van der Waals surface area contributed by atoms with E-state index >= 15 is 0 Å². The molecule has 0 aliphatic heterocycles. The number of amides is 1. The van der Waals surface area contributed by atoms with E-state index in [1.54, 1.807) is 12.1 Å². The smallest absolute Gasteiger partial charge is 0.271 e. The quantitative estimate of drug-likeness (QED) is 0.563. The average molecular weight is 277 g/mol. The molecular formula is C14H23N5O. The zero-order chi connectivity index (χ0) is 14.4. The largest absolute Gasteiger partial charge is 0.351 e. The van der Waals surface area contributed by atoms with Gasteiger partial charge < -0.3 is 10.7 Å². The second kappa shape index (κ2) is 7.19. The molecule has 1 heterocycles. The number of carbonyl (C=O) groups is 1. The predicted octanol–water partition coefficient (Wildman–Crippen LogP) is 1.71. The number of aromatic nitrogens is 2. The fraction of sp³-hybridized carbons (Fsp3) is 0.643.